The Bertz CT molecular complexity index is 599. The zero-order valence-corrected chi connectivity index (χ0v) is 14.4. The first-order valence-corrected chi connectivity index (χ1v) is 8.03. The van der Waals surface area contributed by atoms with Crippen molar-refractivity contribution >= 4 is 39.9 Å². The Morgan fingerprint density at radius 3 is 2.33 bits per heavy atom. The van der Waals surface area contributed by atoms with Crippen molar-refractivity contribution in [2.24, 2.45) is 0 Å². The van der Waals surface area contributed by atoms with Gasteiger partial charge in [0.05, 0.1) is 6.54 Å². The molecular formula is C17H19IN2O. The first-order chi connectivity index (χ1) is 10.1. The maximum Gasteiger partial charge on any atom is 0.246 e. The third-order valence-corrected chi connectivity index (χ3v) is 4.06. The minimum absolute atomic E-state index is 0.0656. The van der Waals surface area contributed by atoms with Crippen LogP contribution >= 0.6 is 22.6 Å². The van der Waals surface area contributed by atoms with E-state index in [-0.39, 0.29) is 18.5 Å². The summed E-state index contributed by atoms with van der Waals surface area (Å²) >= 11 is 2.26. The van der Waals surface area contributed by atoms with Gasteiger partial charge in [0.2, 0.25) is 5.91 Å². The van der Waals surface area contributed by atoms with Gasteiger partial charge in [0.25, 0.3) is 0 Å². The molecule has 1 N–H and O–H groups in total. The molecule has 2 aromatic carbocycles. The summed E-state index contributed by atoms with van der Waals surface area (Å²) in [6.45, 7) is 4.33. The third kappa shape index (κ3) is 4.20. The van der Waals surface area contributed by atoms with Gasteiger partial charge < -0.3 is 10.2 Å². The molecule has 1 amide bonds. The SMILES string of the molecule is CC(C)N(C(=O)CNc1ccccc1I)c1ccccc1. The summed E-state index contributed by atoms with van der Waals surface area (Å²) in [4.78, 5) is 14.4. The Balaban J connectivity index is 2.08. The summed E-state index contributed by atoms with van der Waals surface area (Å²) in [6, 6.07) is 17.9. The van der Waals surface area contributed by atoms with E-state index < -0.39 is 0 Å². The number of anilines is 2. The number of carbonyl (C=O) groups excluding carboxylic acids is 1. The van der Waals surface area contributed by atoms with E-state index in [2.05, 4.69) is 27.9 Å². The third-order valence-electron chi connectivity index (χ3n) is 3.12. The number of nitrogens with zero attached hydrogens (tertiary/aromatic N) is 1. The highest BCUT2D eigenvalue weighted by atomic mass is 127. The number of para-hydroxylation sites is 2. The molecule has 0 spiro atoms. The van der Waals surface area contributed by atoms with E-state index in [4.69, 9.17) is 0 Å². The highest BCUT2D eigenvalue weighted by Crippen LogP contribution is 2.19. The van der Waals surface area contributed by atoms with Crippen molar-refractivity contribution in [2.75, 3.05) is 16.8 Å². The molecule has 4 heteroatoms. The Labute approximate surface area is 139 Å². The van der Waals surface area contributed by atoms with Crippen LogP contribution in [-0.4, -0.2) is 18.5 Å². The van der Waals surface area contributed by atoms with Gasteiger partial charge in [0.15, 0.2) is 0 Å². The molecule has 0 bridgehead atoms. The number of carbonyl (C=O) groups is 1. The average Bonchev–Trinajstić information content (AvgIpc) is 2.47. The molecule has 0 heterocycles. The lowest BCUT2D eigenvalue weighted by Gasteiger charge is -2.27. The summed E-state index contributed by atoms with van der Waals surface area (Å²) in [5.41, 5.74) is 1.92. The number of hydrogen-bond donors (Lipinski definition) is 1. The highest BCUT2D eigenvalue weighted by molar-refractivity contribution is 14.1. The summed E-state index contributed by atoms with van der Waals surface area (Å²) in [7, 11) is 0. The van der Waals surface area contributed by atoms with Gasteiger partial charge in [-0.2, -0.15) is 0 Å². The zero-order valence-electron chi connectivity index (χ0n) is 12.2. The summed E-state index contributed by atoms with van der Waals surface area (Å²) in [6.07, 6.45) is 0. The van der Waals surface area contributed by atoms with Gasteiger partial charge in [-0.05, 0) is 60.7 Å². The van der Waals surface area contributed by atoms with Gasteiger partial charge in [-0.1, -0.05) is 30.3 Å². The van der Waals surface area contributed by atoms with E-state index in [1.54, 1.807) is 0 Å². The molecule has 0 atom stereocenters. The standard InChI is InChI=1S/C17H19IN2O/c1-13(2)20(14-8-4-3-5-9-14)17(21)12-19-16-11-7-6-10-15(16)18/h3-11,13,19H,12H2,1-2H3. The number of rotatable bonds is 5. The fraction of sp³-hybridized carbons (Fsp3) is 0.235. The monoisotopic (exact) mass is 394 g/mol. The molecule has 0 unspecified atom stereocenters. The molecule has 0 radical (unpaired) electrons. The van der Waals surface area contributed by atoms with E-state index in [9.17, 15) is 4.79 Å². The Hall–Kier alpha value is -1.56. The van der Waals surface area contributed by atoms with Crippen molar-refractivity contribution in [1.82, 2.24) is 0 Å². The Morgan fingerprint density at radius 1 is 1.10 bits per heavy atom. The summed E-state index contributed by atoms with van der Waals surface area (Å²) in [5, 5.41) is 3.22. The van der Waals surface area contributed by atoms with Gasteiger partial charge in [0, 0.05) is 21.0 Å². The second-order valence-corrected chi connectivity index (χ2v) is 6.19. The molecule has 0 aromatic heterocycles. The van der Waals surface area contributed by atoms with Crippen molar-refractivity contribution in [3.63, 3.8) is 0 Å². The van der Waals surface area contributed by atoms with Crippen molar-refractivity contribution in [1.29, 1.82) is 0 Å². The van der Waals surface area contributed by atoms with Gasteiger partial charge in [0.1, 0.15) is 0 Å². The van der Waals surface area contributed by atoms with Crippen LogP contribution in [0.4, 0.5) is 11.4 Å². The van der Waals surface area contributed by atoms with Crippen molar-refractivity contribution in [3.05, 3.63) is 58.2 Å². The zero-order chi connectivity index (χ0) is 15.2. The molecule has 2 rings (SSSR count). The number of benzene rings is 2. The lowest BCUT2D eigenvalue weighted by atomic mass is 10.2. The van der Waals surface area contributed by atoms with E-state index in [1.165, 1.54) is 0 Å². The maximum absolute atomic E-state index is 12.5. The van der Waals surface area contributed by atoms with E-state index in [1.807, 2.05) is 73.3 Å². The van der Waals surface area contributed by atoms with Gasteiger partial charge >= 0.3 is 0 Å². The van der Waals surface area contributed by atoms with Gasteiger partial charge in [-0.3, -0.25) is 4.79 Å². The fourth-order valence-corrected chi connectivity index (χ4v) is 2.76. The molecule has 0 saturated carbocycles. The molecule has 0 aliphatic carbocycles. The first kappa shape index (κ1) is 15.8. The van der Waals surface area contributed by atoms with Crippen molar-refractivity contribution < 1.29 is 4.79 Å². The van der Waals surface area contributed by atoms with Crippen LogP contribution in [-0.2, 0) is 4.79 Å². The fourth-order valence-electron chi connectivity index (χ4n) is 2.18. The molecule has 0 aliphatic heterocycles. The lowest BCUT2D eigenvalue weighted by molar-refractivity contribution is -0.117. The van der Waals surface area contributed by atoms with Crippen LogP contribution in [0.2, 0.25) is 0 Å². The van der Waals surface area contributed by atoms with Crippen LogP contribution in [0.25, 0.3) is 0 Å². The summed E-state index contributed by atoms with van der Waals surface area (Å²) in [5.74, 6) is 0.0656. The number of amides is 1. The molecule has 3 nitrogen and oxygen atoms in total. The quantitative estimate of drug-likeness (QED) is 0.774. The Kier molecular flexibility index (Phi) is 5.61. The van der Waals surface area contributed by atoms with E-state index in [0.717, 1.165) is 14.9 Å². The van der Waals surface area contributed by atoms with Gasteiger partial charge in [-0.25, -0.2) is 0 Å². The van der Waals surface area contributed by atoms with Crippen LogP contribution in [0.5, 0.6) is 0 Å². The normalized spacial score (nSPS) is 10.5. The second kappa shape index (κ2) is 7.45. The van der Waals surface area contributed by atoms with Crippen LogP contribution in [0.3, 0.4) is 0 Å². The van der Waals surface area contributed by atoms with Crippen LogP contribution in [0.15, 0.2) is 54.6 Å². The minimum Gasteiger partial charge on any atom is -0.375 e. The van der Waals surface area contributed by atoms with Crippen LogP contribution < -0.4 is 10.2 Å². The predicted molar refractivity (Wildman–Crippen MR) is 96.7 cm³/mol. The van der Waals surface area contributed by atoms with Crippen molar-refractivity contribution in [2.45, 2.75) is 19.9 Å². The summed E-state index contributed by atoms with van der Waals surface area (Å²) < 4.78 is 1.11. The average molecular weight is 394 g/mol. The van der Waals surface area contributed by atoms with E-state index in [0.29, 0.717) is 0 Å². The molecule has 0 aliphatic rings. The second-order valence-electron chi connectivity index (χ2n) is 5.03. The molecular weight excluding hydrogens is 375 g/mol. The predicted octanol–water partition coefficient (Wildman–Crippen LogP) is 4.14. The highest BCUT2D eigenvalue weighted by Gasteiger charge is 2.18. The largest absolute Gasteiger partial charge is 0.375 e. The molecule has 21 heavy (non-hydrogen) atoms. The van der Waals surface area contributed by atoms with E-state index >= 15 is 0 Å². The number of halogens is 1. The maximum atomic E-state index is 12.5. The molecule has 0 fully saturated rings. The number of hydrogen-bond acceptors (Lipinski definition) is 2. The topological polar surface area (TPSA) is 32.3 Å². The van der Waals surface area contributed by atoms with Crippen LogP contribution in [0.1, 0.15) is 13.8 Å². The molecule has 110 valence electrons. The Morgan fingerprint density at radius 2 is 1.71 bits per heavy atom. The molecule has 2 aromatic rings. The van der Waals surface area contributed by atoms with Crippen LogP contribution in [0, 0.1) is 3.57 Å². The molecule has 0 saturated heterocycles. The smallest absolute Gasteiger partial charge is 0.246 e. The number of nitrogens with one attached hydrogen (secondary N) is 1. The minimum atomic E-state index is 0.0656. The van der Waals surface area contributed by atoms with Crippen molar-refractivity contribution in [3.8, 4) is 0 Å². The first-order valence-electron chi connectivity index (χ1n) is 6.95. The lowest BCUT2D eigenvalue weighted by Crippen LogP contribution is -2.40. The van der Waals surface area contributed by atoms with Gasteiger partial charge in [-0.15, -0.1) is 0 Å².